The molecule has 0 spiro atoms. The summed E-state index contributed by atoms with van der Waals surface area (Å²) in [5.41, 5.74) is 7.68. The van der Waals surface area contributed by atoms with Crippen LogP contribution in [0.15, 0.2) is 60.7 Å². The molecule has 156 valence electrons. The van der Waals surface area contributed by atoms with Crippen LogP contribution in [0, 0.1) is 5.92 Å². The van der Waals surface area contributed by atoms with Gasteiger partial charge in [0.1, 0.15) is 0 Å². The van der Waals surface area contributed by atoms with Crippen LogP contribution in [-0.4, -0.2) is 54.3 Å². The van der Waals surface area contributed by atoms with E-state index in [0.717, 1.165) is 6.42 Å². The standard InChI is InChI=1S/C23H29N3O2.ClH/c24-14-18-26(15-11-19-7-3-1-4-8-19)23(28)21-12-16-25(17-13-21)22(27)20-9-5-2-6-10-20;/h1-10,21H,11-18,24H2;1H. The molecule has 0 aromatic heterocycles. The van der Waals surface area contributed by atoms with Crippen molar-refractivity contribution in [2.45, 2.75) is 19.3 Å². The van der Waals surface area contributed by atoms with E-state index in [0.29, 0.717) is 51.1 Å². The van der Waals surface area contributed by atoms with E-state index in [-0.39, 0.29) is 30.1 Å². The maximum absolute atomic E-state index is 13.0. The molecule has 2 aromatic carbocycles. The number of hydrogen-bond acceptors (Lipinski definition) is 3. The van der Waals surface area contributed by atoms with Gasteiger partial charge in [-0.05, 0) is 37.0 Å². The zero-order chi connectivity index (χ0) is 19.8. The average Bonchev–Trinajstić information content (AvgIpc) is 2.77. The van der Waals surface area contributed by atoms with Crippen LogP contribution in [0.25, 0.3) is 0 Å². The van der Waals surface area contributed by atoms with Gasteiger partial charge in [-0.25, -0.2) is 0 Å². The summed E-state index contributed by atoms with van der Waals surface area (Å²) in [4.78, 5) is 29.4. The Hall–Kier alpha value is -2.37. The first-order chi connectivity index (χ1) is 13.7. The first kappa shape index (κ1) is 22.9. The largest absolute Gasteiger partial charge is 0.341 e. The van der Waals surface area contributed by atoms with Gasteiger partial charge in [0.25, 0.3) is 5.91 Å². The van der Waals surface area contributed by atoms with Gasteiger partial charge in [-0.2, -0.15) is 0 Å². The Morgan fingerprint density at radius 1 is 0.931 bits per heavy atom. The first-order valence-electron chi connectivity index (χ1n) is 10.1. The van der Waals surface area contributed by atoms with Crippen molar-refractivity contribution >= 4 is 24.2 Å². The molecular formula is C23H30ClN3O2. The van der Waals surface area contributed by atoms with Gasteiger partial charge in [0.2, 0.25) is 5.91 Å². The first-order valence-corrected chi connectivity index (χ1v) is 10.1. The molecule has 2 amide bonds. The number of halogens is 1. The fraction of sp³-hybridized carbons (Fsp3) is 0.391. The summed E-state index contributed by atoms with van der Waals surface area (Å²) < 4.78 is 0. The van der Waals surface area contributed by atoms with Gasteiger partial charge in [-0.15, -0.1) is 12.4 Å². The van der Waals surface area contributed by atoms with E-state index >= 15 is 0 Å². The number of likely N-dealkylation sites (tertiary alicyclic amines) is 1. The second-order valence-electron chi connectivity index (χ2n) is 7.28. The minimum atomic E-state index is -0.0258. The molecule has 2 aromatic rings. The lowest BCUT2D eigenvalue weighted by molar-refractivity contribution is -0.136. The maximum atomic E-state index is 13.0. The van der Waals surface area contributed by atoms with Gasteiger partial charge < -0.3 is 15.5 Å². The zero-order valence-corrected chi connectivity index (χ0v) is 17.5. The summed E-state index contributed by atoms with van der Waals surface area (Å²) >= 11 is 0. The number of rotatable bonds is 7. The zero-order valence-electron chi connectivity index (χ0n) is 16.7. The fourth-order valence-corrected chi connectivity index (χ4v) is 3.75. The van der Waals surface area contributed by atoms with Crippen LogP contribution in [0.2, 0.25) is 0 Å². The molecule has 0 saturated carbocycles. The normalized spacial score (nSPS) is 14.2. The molecule has 0 radical (unpaired) electrons. The van der Waals surface area contributed by atoms with E-state index in [1.807, 2.05) is 58.3 Å². The Labute approximate surface area is 179 Å². The van der Waals surface area contributed by atoms with Gasteiger partial charge in [0, 0.05) is 44.2 Å². The number of carbonyl (C=O) groups is 2. The van der Waals surface area contributed by atoms with Crippen LogP contribution in [-0.2, 0) is 11.2 Å². The predicted molar refractivity (Wildman–Crippen MR) is 118 cm³/mol. The smallest absolute Gasteiger partial charge is 0.253 e. The Bertz CT molecular complexity index is 762. The van der Waals surface area contributed by atoms with Crippen molar-refractivity contribution in [3.63, 3.8) is 0 Å². The van der Waals surface area contributed by atoms with Crippen molar-refractivity contribution in [2.75, 3.05) is 32.7 Å². The minimum absolute atomic E-state index is 0. The molecule has 29 heavy (non-hydrogen) atoms. The summed E-state index contributed by atoms with van der Waals surface area (Å²) in [6, 6.07) is 19.5. The van der Waals surface area contributed by atoms with Crippen LogP contribution in [0.1, 0.15) is 28.8 Å². The topological polar surface area (TPSA) is 66.6 Å². The quantitative estimate of drug-likeness (QED) is 0.755. The van der Waals surface area contributed by atoms with Crippen molar-refractivity contribution < 1.29 is 9.59 Å². The fourth-order valence-electron chi connectivity index (χ4n) is 3.75. The predicted octanol–water partition coefficient (Wildman–Crippen LogP) is 2.99. The molecule has 0 unspecified atom stereocenters. The number of hydrogen-bond donors (Lipinski definition) is 1. The molecule has 3 rings (SSSR count). The maximum Gasteiger partial charge on any atom is 0.253 e. The third kappa shape index (κ3) is 6.31. The second kappa shape index (κ2) is 11.6. The van der Waals surface area contributed by atoms with Crippen molar-refractivity contribution in [2.24, 2.45) is 11.7 Å². The van der Waals surface area contributed by atoms with Gasteiger partial charge in [-0.1, -0.05) is 48.5 Å². The van der Waals surface area contributed by atoms with Gasteiger partial charge >= 0.3 is 0 Å². The molecule has 1 fully saturated rings. The van der Waals surface area contributed by atoms with E-state index in [1.165, 1.54) is 5.56 Å². The van der Waals surface area contributed by atoms with Crippen LogP contribution in [0.5, 0.6) is 0 Å². The Morgan fingerprint density at radius 3 is 2.10 bits per heavy atom. The van der Waals surface area contributed by atoms with Crippen LogP contribution in [0.4, 0.5) is 0 Å². The third-order valence-electron chi connectivity index (χ3n) is 5.38. The third-order valence-corrected chi connectivity index (χ3v) is 5.38. The Kier molecular flexibility index (Phi) is 9.16. The van der Waals surface area contributed by atoms with Crippen LogP contribution in [0.3, 0.4) is 0 Å². The minimum Gasteiger partial charge on any atom is -0.341 e. The average molecular weight is 416 g/mol. The van der Waals surface area contributed by atoms with E-state index in [4.69, 9.17) is 5.73 Å². The Balaban J connectivity index is 0.00000300. The molecule has 1 heterocycles. The lowest BCUT2D eigenvalue weighted by Crippen LogP contribution is -2.46. The molecule has 0 aliphatic carbocycles. The van der Waals surface area contributed by atoms with Gasteiger partial charge in [-0.3, -0.25) is 9.59 Å². The number of piperidine rings is 1. The number of carbonyl (C=O) groups excluding carboxylic acids is 2. The summed E-state index contributed by atoms with van der Waals surface area (Å²) in [5.74, 6) is 0.199. The lowest BCUT2D eigenvalue weighted by atomic mass is 9.94. The van der Waals surface area contributed by atoms with Crippen molar-refractivity contribution in [3.8, 4) is 0 Å². The van der Waals surface area contributed by atoms with Gasteiger partial charge in [0.05, 0.1) is 0 Å². The molecular weight excluding hydrogens is 386 g/mol. The summed E-state index contributed by atoms with van der Waals surface area (Å²) in [7, 11) is 0. The van der Waals surface area contributed by atoms with Crippen LogP contribution < -0.4 is 5.73 Å². The Morgan fingerprint density at radius 2 is 1.52 bits per heavy atom. The van der Waals surface area contributed by atoms with Gasteiger partial charge in [0.15, 0.2) is 0 Å². The van der Waals surface area contributed by atoms with Crippen LogP contribution >= 0.6 is 12.4 Å². The highest BCUT2D eigenvalue weighted by molar-refractivity contribution is 5.94. The van der Waals surface area contributed by atoms with Crippen molar-refractivity contribution in [1.29, 1.82) is 0 Å². The number of nitrogens with zero attached hydrogens (tertiary/aromatic N) is 2. The molecule has 1 aliphatic heterocycles. The number of amides is 2. The molecule has 5 nitrogen and oxygen atoms in total. The van der Waals surface area contributed by atoms with E-state index < -0.39 is 0 Å². The van der Waals surface area contributed by atoms with Crippen molar-refractivity contribution in [3.05, 3.63) is 71.8 Å². The number of benzene rings is 2. The number of nitrogens with two attached hydrogens (primary N) is 1. The summed E-state index contributed by atoms with van der Waals surface area (Å²) in [6.07, 6.45) is 2.26. The molecule has 1 saturated heterocycles. The van der Waals surface area contributed by atoms with E-state index in [9.17, 15) is 9.59 Å². The van der Waals surface area contributed by atoms with Crippen molar-refractivity contribution in [1.82, 2.24) is 9.80 Å². The summed E-state index contributed by atoms with van der Waals surface area (Å²) in [5, 5.41) is 0. The van der Waals surface area contributed by atoms with E-state index in [2.05, 4.69) is 12.1 Å². The molecule has 0 bridgehead atoms. The SMILES string of the molecule is Cl.NCCN(CCc1ccccc1)C(=O)C1CCN(C(=O)c2ccccc2)CC1. The molecule has 2 N–H and O–H groups in total. The molecule has 6 heteroatoms. The molecule has 1 aliphatic rings. The second-order valence-corrected chi connectivity index (χ2v) is 7.28. The highest BCUT2D eigenvalue weighted by atomic mass is 35.5. The summed E-state index contributed by atoms with van der Waals surface area (Å²) in [6.45, 7) is 2.97. The highest BCUT2D eigenvalue weighted by Gasteiger charge is 2.30. The molecule has 0 atom stereocenters. The van der Waals surface area contributed by atoms with E-state index in [1.54, 1.807) is 0 Å². The lowest BCUT2D eigenvalue weighted by Gasteiger charge is -2.34. The monoisotopic (exact) mass is 415 g/mol. The highest BCUT2D eigenvalue weighted by Crippen LogP contribution is 2.21.